The van der Waals surface area contributed by atoms with Gasteiger partial charge in [-0.15, -0.1) is 0 Å². The molecule has 0 saturated heterocycles. The number of carbonyl (C=O) groups excluding carboxylic acids is 1. The number of rotatable bonds is 7. The van der Waals surface area contributed by atoms with Crippen LogP contribution in [-0.4, -0.2) is 29.6 Å². The molecule has 2 rings (SSSR count). The maximum absolute atomic E-state index is 11.8. The van der Waals surface area contributed by atoms with E-state index >= 15 is 0 Å². The normalized spacial score (nSPS) is 11.8. The van der Waals surface area contributed by atoms with E-state index in [0.29, 0.717) is 5.75 Å². The van der Waals surface area contributed by atoms with Crippen LogP contribution in [0.1, 0.15) is 13.8 Å². The Morgan fingerprint density at radius 3 is 2.12 bits per heavy atom. The number of aliphatic carboxylic acids is 1. The van der Waals surface area contributed by atoms with Crippen LogP contribution < -0.4 is 10.1 Å². The highest BCUT2D eigenvalue weighted by Crippen LogP contribution is 2.21. The zero-order valence-electron chi connectivity index (χ0n) is 13.7. The average Bonchev–Trinajstić information content (AvgIpc) is 2.58. The molecule has 1 unspecified atom stereocenters. The predicted octanol–water partition coefficient (Wildman–Crippen LogP) is 2.96. The SMILES string of the molecule is CC(C)C(NC(=O)COc1ccc(-c2ccccc2)cc1)C(=O)O. The first kappa shape index (κ1) is 17.5. The van der Waals surface area contributed by atoms with Crippen LogP contribution in [0.2, 0.25) is 0 Å². The lowest BCUT2D eigenvalue weighted by atomic mass is 10.1. The highest BCUT2D eigenvalue weighted by atomic mass is 16.5. The van der Waals surface area contributed by atoms with Crippen molar-refractivity contribution in [2.75, 3.05) is 6.61 Å². The fourth-order valence-corrected chi connectivity index (χ4v) is 2.25. The van der Waals surface area contributed by atoms with Gasteiger partial charge in [-0.05, 0) is 29.2 Å². The molecule has 0 aliphatic heterocycles. The van der Waals surface area contributed by atoms with Gasteiger partial charge in [0.15, 0.2) is 6.61 Å². The summed E-state index contributed by atoms with van der Waals surface area (Å²) >= 11 is 0. The summed E-state index contributed by atoms with van der Waals surface area (Å²) in [6.45, 7) is 3.26. The maximum Gasteiger partial charge on any atom is 0.326 e. The van der Waals surface area contributed by atoms with Crippen molar-refractivity contribution in [3.05, 3.63) is 54.6 Å². The second kappa shape index (κ2) is 8.15. The molecule has 24 heavy (non-hydrogen) atoms. The first-order chi connectivity index (χ1) is 11.5. The Kier molecular flexibility index (Phi) is 5.95. The minimum Gasteiger partial charge on any atom is -0.484 e. The van der Waals surface area contributed by atoms with Crippen molar-refractivity contribution < 1.29 is 19.4 Å². The van der Waals surface area contributed by atoms with E-state index in [4.69, 9.17) is 9.84 Å². The molecule has 0 aliphatic carbocycles. The van der Waals surface area contributed by atoms with Crippen LogP contribution in [0.4, 0.5) is 0 Å². The van der Waals surface area contributed by atoms with Crippen LogP contribution in [0.3, 0.4) is 0 Å². The fourth-order valence-electron chi connectivity index (χ4n) is 2.25. The Balaban J connectivity index is 1.90. The molecule has 0 fully saturated rings. The summed E-state index contributed by atoms with van der Waals surface area (Å²) in [5, 5.41) is 11.5. The van der Waals surface area contributed by atoms with Crippen molar-refractivity contribution in [1.82, 2.24) is 5.32 Å². The van der Waals surface area contributed by atoms with Gasteiger partial charge in [-0.25, -0.2) is 4.79 Å². The summed E-state index contributed by atoms with van der Waals surface area (Å²) < 4.78 is 5.41. The van der Waals surface area contributed by atoms with Crippen molar-refractivity contribution in [2.45, 2.75) is 19.9 Å². The highest BCUT2D eigenvalue weighted by molar-refractivity contribution is 5.84. The highest BCUT2D eigenvalue weighted by Gasteiger charge is 2.23. The zero-order valence-corrected chi connectivity index (χ0v) is 13.7. The minimum atomic E-state index is -1.05. The van der Waals surface area contributed by atoms with E-state index in [9.17, 15) is 9.59 Å². The van der Waals surface area contributed by atoms with Gasteiger partial charge >= 0.3 is 5.97 Å². The van der Waals surface area contributed by atoms with E-state index in [1.54, 1.807) is 26.0 Å². The van der Waals surface area contributed by atoms with E-state index in [1.165, 1.54) is 0 Å². The molecule has 0 aromatic heterocycles. The monoisotopic (exact) mass is 327 g/mol. The molecule has 2 aromatic carbocycles. The number of nitrogens with one attached hydrogen (secondary N) is 1. The van der Waals surface area contributed by atoms with Crippen molar-refractivity contribution in [3.63, 3.8) is 0 Å². The summed E-state index contributed by atoms with van der Waals surface area (Å²) in [4.78, 5) is 22.9. The number of carboxylic acids is 1. The molecule has 5 heteroatoms. The molecule has 0 aliphatic rings. The van der Waals surface area contributed by atoms with E-state index in [2.05, 4.69) is 5.32 Å². The van der Waals surface area contributed by atoms with Crippen LogP contribution in [0.15, 0.2) is 54.6 Å². The smallest absolute Gasteiger partial charge is 0.326 e. The van der Waals surface area contributed by atoms with Crippen LogP contribution in [0, 0.1) is 5.92 Å². The molecule has 0 heterocycles. The van der Waals surface area contributed by atoms with Crippen molar-refractivity contribution >= 4 is 11.9 Å². The summed E-state index contributed by atoms with van der Waals surface area (Å²) in [7, 11) is 0. The first-order valence-electron chi connectivity index (χ1n) is 7.78. The lowest BCUT2D eigenvalue weighted by molar-refractivity contribution is -0.143. The van der Waals surface area contributed by atoms with Crippen molar-refractivity contribution in [3.8, 4) is 16.9 Å². The number of hydrogen-bond acceptors (Lipinski definition) is 3. The van der Waals surface area contributed by atoms with Gasteiger partial charge in [-0.2, -0.15) is 0 Å². The molecule has 2 N–H and O–H groups in total. The molecular formula is C19H21NO4. The zero-order chi connectivity index (χ0) is 17.5. The van der Waals surface area contributed by atoms with Gasteiger partial charge in [0.25, 0.3) is 5.91 Å². The lowest BCUT2D eigenvalue weighted by Crippen LogP contribution is -2.46. The number of carboxylic acid groups (broad SMARTS) is 1. The molecule has 0 spiro atoms. The van der Waals surface area contributed by atoms with Gasteiger partial charge in [-0.1, -0.05) is 56.3 Å². The Morgan fingerprint density at radius 2 is 1.58 bits per heavy atom. The third-order valence-electron chi connectivity index (χ3n) is 3.58. The molecule has 0 bridgehead atoms. The molecule has 0 saturated carbocycles. The van der Waals surface area contributed by atoms with Crippen molar-refractivity contribution in [1.29, 1.82) is 0 Å². The van der Waals surface area contributed by atoms with Gasteiger partial charge in [0.2, 0.25) is 0 Å². The minimum absolute atomic E-state index is 0.198. The third-order valence-corrected chi connectivity index (χ3v) is 3.58. The van der Waals surface area contributed by atoms with E-state index in [0.717, 1.165) is 11.1 Å². The second-order valence-corrected chi connectivity index (χ2v) is 5.81. The van der Waals surface area contributed by atoms with Gasteiger partial charge < -0.3 is 15.2 Å². The molecule has 1 atom stereocenters. The fraction of sp³-hybridized carbons (Fsp3) is 0.263. The predicted molar refractivity (Wildman–Crippen MR) is 91.8 cm³/mol. The topological polar surface area (TPSA) is 75.6 Å². The number of amides is 1. The molecular weight excluding hydrogens is 306 g/mol. The second-order valence-electron chi connectivity index (χ2n) is 5.81. The number of carbonyl (C=O) groups is 2. The van der Waals surface area contributed by atoms with Crippen LogP contribution >= 0.6 is 0 Å². The van der Waals surface area contributed by atoms with Gasteiger partial charge in [-0.3, -0.25) is 4.79 Å². The molecule has 1 amide bonds. The summed E-state index contributed by atoms with van der Waals surface area (Å²) in [5.74, 6) is -1.15. The van der Waals surface area contributed by atoms with E-state index < -0.39 is 17.9 Å². The average molecular weight is 327 g/mol. The summed E-state index contributed by atoms with van der Waals surface area (Å²) in [5.41, 5.74) is 2.15. The molecule has 5 nitrogen and oxygen atoms in total. The number of hydrogen-bond donors (Lipinski definition) is 2. The van der Waals surface area contributed by atoms with Gasteiger partial charge in [0, 0.05) is 0 Å². The van der Waals surface area contributed by atoms with Gasteiger partial charge in [0.1, 0.15) is 11.8 Å². The Morgan fingerprint density at radius 1 is 1.00 bits per heavy atom. The largest absolute Gasteiger partial charge is 0.484 e. The quantitative estimate of drug-likeness (QED) is 0.820. The van der Waals surface area contributed by atoms with E-state index in [1.807, 2.05) is 42.5 Å². The van der Waals surface area contributed by atoms with Crippen LogP contribution in [-0.2, 0) is 9.59 Å². The van der Waals surface area contributed by atoms with Gasteiger partial charge in [0.05, 0.1) is 0 Å². The summed E-state index contributed by atoms with van der Waals surface area (Å²) in [6, 6.07) is 16.4. The Labute approximate surface area is 141 Å². The molecule has 126 valence electrons. The summed E-state index contributed by atoms with van der Waals surface area (Å²) in [6.07, 6.45) is 0. The third kappa shape index (κ3) is 4.84. The molecule has 2 aromatic rings. The Hall–Kier alpha value is -2.82. The number of ether oxygens (including phenoxy) is 1. The lowest BCUT2D eigenvalue weighted by Gasteiger charge is -2.18. The van der Waals surface area contributed by atoms with Crippen molar-refractivity contribution in [2.24, 2.45) is 5.92 Å². The number of benzene rings is 2. The van der Waals surface area contributed by atoms with E-state index in [-0.39, 0.29) is 12.5 Å². The standard InChI is InChI=1S/C19H21NO4/c1-13(2)18(19(22)23)20-17(21)12-24-16-10-8-15(9-11-16)14-6-4-3-5-7-14/h3-11,13,18H,12H2,1-2H3,(H,20,21)(H,22,23). The molecule has 0 radical (unpaired) electrons. The maximum atomic E-state index is 11.8. The first-order valence-corrected chi connectivity index (χ1v) is 7.78. The van der Waals surface area contributed by atoms with Crippen LogP contribution in [0.25, 0.3) is 11.1 Å². The Bertz CT molecular complexity index is 680. The van der Waals surface area contributed by atoms with Crippen LogP contribution in [0.5, 0.6) is 5.75 Å².